The standard InChI is InChI=1S/C21H25BO4S/c1-16-11-13-18(14-12-16)27(23,24)15-19(17-9-7-6-8-10-17)22-25-20(2,3)21(4,5)26-22/h6-15H,1-5H3/b19-15+. The Hall–Kier alpha value is -1.89. The number of hydrogen-bond donors (Lipinski definition) is 0. The molecule has 0 saturated carbocycles. The van der Waals surface area contributed by atoms with Crippen LogP contribution in [0.5, 0.6) is 0 Å². The second kappa shape index (κ2) is 6.93. The molecule has 4 nitrogen and oxygen atoms in total. The normalized spacial score (nSPS) is 19.3. The summed E-state index contributed by atoms with van der Waals surface area (Å²) in [4.78, 5) is 0.248. The molecule has 2 aromatic rings. The maximum absolute atomic E-state index is 13.0. The molecule has 0 radical (unpaired) electrons. The molecule has 0 aromatic heterocycles. The van der Waals surface area contributed by atoms with Crippen LogP contribution < -0.4 is 0 Å². The minimum atomic E-state index is -3.66. The lowest BCUT2D eigenvalue weighted by atomic mass is 9.75. The lowest BCUT2D eigenvalue weighted by Gasteiger charge is -2.32. The number of benzene rings is 2. The van der Waals surface area contributed by atoms with E-state index >= 15 is 0 Å². The largest absolute Gasteiger partial charge is 0.496 e. The van der Waals surface area contributed by atoms with Crippen LogP contribution in [0.1, 0.15) is 38.8 Å². The van der Waals surface area contributed by atoms with Gasteiger partial charge in [-0.25, -0.2) is 8.42 Å². The van der Waals surface area contributed by atoms with Crippen LogP contribution in [0.15, 0.2) is 64.9 Å². The average molecular weight is 384 g/mol. The zero-order valence-electron chi connectivity index (χ0n) is 16.4. The molecule has 27 heavy (non-hydrogen) atoms. The van der Waals surface area contributed by atoms with E-state index in [1.54, 1.807) is 24.3 Å². The third kappa shape index (κ3) is 4.03. The lowest BCUT2D eigenvalue weighted by molar-refractivity contribution is 0.00578. The summed E-state index contributed by atoms with van der Waals surface area (Å²) in [7, 11) is -4.42. The van der Waals surface area contributed by atoms with Gasteiger partial charge in [0.05, 0.1) is 16.1 Å². The van der Waals surface area contributed by atoms with Crippen molar-refractivity contribution >= 4 is 22.4 Å². The van der Waals surface area contributed by atoms with Crippen molar-refractivity contribution in [1.82, 2.24) is 0 Å². The summed E-state index contributed by atoms with van der Waals surface area (Å²) in [6, 6.07) is 16.2. The molecule has 3 rings (SSSR count). The summed E-state index contributed by atoms with van der Waals surface area (Å²) in [5, 5.41) is 1.27. The molecule has 0 atom stereocenters. The van der Waals surface area contributed by atoms with E-state index < -0.39 is 28.2 Å². The van der Waals surface area contributed by atoms with Crippen LogP contribution in [0.3, 0.4) is 0 Å². The van der Waals surface area contributed by atoms with Crippen molar-refractivity contribution < 1.29 is 17.7 Å². The summed E-state index contributed by atoms with van der Waals surface area (Å²) in [5.41, 5.74) is 1.15. The Morgan fingerprint density at radius 2 is 1.41 bits per heavy atom. The predicted molar refractivity (Wildman–Crippen MR) is 109 cm³/mol. The number of rotatable bonds is 4. The molecular weight excluding hydrogens is 359 g/mol. The Morgan fingerprint density at radius 3 is 1.93 bits per heavy atom. The van der Waals surface area contributed by atoms with Gasteiger partial charge in [0, 0.05) is 10.9 Å². The molecule has 1 heterocycles. The van der Waals surface area contributed by atoms with Gasteiger partial charge in [0.25, 0.3) is 0 Å². The predicted octanol–water partition coefficient (Wildman–Crippen LogP) is 4.44. The van der Waals surface area contributed by atoms with Crippen LogP contribution >= 0.6 is 0 Å². The number of hydrogen-bond acceptors (Lipinski definition) is 4. The molecule has 1 aliphatic rings. The molecule has 1 fully saturated rings. The van der Waals surface area contributed by atoms with Crippen molar-refractivity contribution in [2.75, 3.05) is 0 Å². The molecule has 142 valence electrons. The van der Waals surface area contributed by atoms with Crippen LogP contribution in [0.25, 0.3) is 5.47 Å². The van der Waals surface area contributed by atoms with Crippen LogP contribution in [0.2, 0.25) is 0 Å². The Balaban J connectivity index is 2.09. The van der Waals surface area contributed by atoms with E-state index in [4.69, 9.17) is 9.31 Å². The Kier molecular flexibility index (Phi) is 5.10. The highest BCUT2D eigenvalue weighted by molar-refractivity contribution is 7.94. The van der Waals surface area contributed by atoms with Gasteiger partial charge in [-0.15, -0.1) is 0 Å². The zero-order chi connectivity index (χ0) is 19.9. The molecule has 2 aromatic carbocycles. The van der Waals surface area contributed by atoms with E-state index in [0.717, 1.165) is 11.1 Å². The van der Waals surface area contributed by atoms with Crippen LogP contribution in [0, 0.1) is 6.92 Å². The topological polar surface area (TPSA) is 52.6 Å². The summed E-state index contributed by atoms with van der Waals surface area (Å²) < 4.78 is 38.3. The monoisotopic (exact) mass is 384 g/mol. The van der Waals surface area contributed by atoms with Crippen LogP contribution in [-0.4, -0.2) is 26.7 Å². The molecule has 1 saturated heterocycles. The first-order valence-electron chi connectivity index (χ1n) is 8.96. The smallest absolute Gasteiger partial charge is 0.399 e. The van der Waals surface area contributed by atoms with Gasteiger partial charge in [-0.3, -0.25) is 0 Å². The third-order valence-electron chi connectivity index (χ3n) is 5.25. The molecule has 0 unspecified atom stereocenters. The van der Waals surface area contributed by atoms with Crippen LogP contribution in [-0.2, 0) is 19.1 Å². The van der Waals surface area contributed by atoms with Gasteiger partial charge in [-0.2, -0.15) is 0 Å². The first-order valence-corrected chi connectivity index (χ1v) is 10.5. The summed E-state index contributed by atoms with van der Waals surface area (Å²) in [5.74, 6) is 0. The van der Waals surface area contributed by atoms with Crippen molar-refractivity contribution in [3.05, 3.63) is 71.1 Å². The van der Waals surface area contributed by atoms with Gasteiger partial charge in [0.15, 0.2) is 9.84 Å². The SMILES string of the molecule is Cc1ccc(S(=O)(=O)/C=C(/B2OC(C)(C)C(C)(C)O2)c2ccccc2)cc1. The fourth-order valence-corrected chi connectivity index (χ4v) is 4.06. The molecule has 0 N–H and O–H groups in total. The van der Waals surface area contributed by atoms with Gasteiger partial charge in [0.2, 0.25) is 0 Å². The van der Waals surface area contributed by atoms with E-state index in [1.807, 2.05) is 65.0 Å². The van der Waals surface area contributed by atoms with Gasteiger partial charge in [-0.1, -0.05) is 48.0 Å². The number of aryl methyl sites for hydroxylation is 1. The summed E-state index contributed by atoms with van der Waals surface area (Å²) in [6.07, 6.45) is 0. The van der Waals surface area contributed by atoms with Gasteiger partial charge >= 0.3 is 7.12 Å². The molecule has 0 spiro atoms. The van der Waals surface area contributed by atoms with Gasteiger partial charge in [-0.05, 0) is 52.3 Å². The van der Waals surface area contributed by atoms with E-state index in [-0.39, 0.29) is 4.90 Å². The lowest BCUT2D eigenvalue weighted by Crippen LogP contribution is -2.41. The van der Waals surface area contributed by atoms with Crippen LogP contribution in [0.4, 0.5) is 0 Å². The van der Waals surface area contributed by atoms with E-state index in [2.05, 4.69) is 0 Å². The van der Waals surface area contributed by atoms with Crippen molar-refractivity contribution in [3.63, 3.8) is 0 Å². The Bertz CT molecular complexity index is 929. The highest BCUT2D eigenvalue weighted by Gasteiger charge is 2.52. The van der Waals surface area contributed by atoms with Crippen molar-refractivity contribution in [3.8, 4) is 0 Å². The fraction of sp³-hybridized carbons (Fsp3) is 0.333. The summed E-state index contributed by atoms with van der Waals surface area (Å²) in [6.45, 7) is 9.72. The fourth-order valence-electron chi connectivity index (χ4n) is 2.82. The van der Waals surface area contributed by atoms with Crippen molar-refractivity contribution in [1.29, 1.82) is 0 Å². The Morgan fingerprint density at radius 1 is 0.889 bits per heavy atom. The molecule has 0 bridgehead atoms. The van der Waals surface area contributed by atoms with Crippen molar-refractivity contribution in [2.24, 2.45) is 0 Å². The Labute approximate surface area is 162 Å². The highest BCUT2D eigenvalue weighted by Crippen LogP contribution is 2.41. The molecule has 0 aliphatic carbocycles. The zero-order valence-corrected chi connectivity index (χ0v) is 17.2. The minimum Gasteiger partial charge on any atom is -0.399 e. The quantitative estimate of drug-likeness (QED) is 0.732. The number of sulfone groups is 1. The van der Waals surface area contributed by atoms with Gasteiger partial charge in [0.1, 0.15) is 0 Å². The maximum atomic E-state index is 13.0. The highest BCUT2D eigenvalue weighted by atomic mass is 32.2. The second-order valence-electron chi connectivity index (χ2n) is 7.89. The first kappa shape index (κ1) is 19.9. The second-order valence-corrected chi connectivity index (χ2v) is 9.68. The molecule has 0 amide bonds. The average Bonchev–Trinajstić information content (AvgIpc) is 2.81. The maximum Gasteiger partial charge on any atom is 0.496 e. The first-order chi connectivity index (χ1) is 12.5. The summed E-state index contributed by atoms with van der Waals surface area (Å²) >= 11 is 0. The molecule has 1 aliphatic heterocycles. The van der Waals surface area contributed by atoms with E-state index in [0.29, 0.717) is 5.47 Å². The minimum absolute atomic E-state index is 0.248. The van der Waals surface area contributed by atoms with E-state index in [1.165, 1.54) is 5.41 Å². The molecule has 6 heteroatoms. The van der Waals surface area contributed by atoms with Crippen molar-refractivity contribution in [2.45, 2.75) is 50.7 Å². The van der Waals surface area contributed by atoms with Gasteiger partial charge < -0.3 is 9.31 Å². The third-order valence-corrected chi connectivity index (χ3v) is 6.74. The molecular formula is C21H25BO4S. The van der Waals surface area contributed by atoms with E-state index in [9.17, 15) is 8.42 Å².